The fourth-order valence-electron chi connectivity index (χ4n) is 2.13. The molecule has 0 aliphatic heterocycles. The van der Waals surface area contributed by atoms with Crippen molar-refractivity contribution in [3.05, 3.63) is 34.1 Å². The van der Waals surface area contributed by atoms with E-state index in [9.17, 15) is 35.9 Å². The Bertz CT molecular complexity index is 919. The number of aromatic nitrogens is 1. The fourth-order valence-corrected chi connectivity index (χ4v) is 2.13. The predicted molar refractivity (Wildman–Crippen MR) is 83.6 cm³/mol. The number of carbonyl (C=O) groups excluding carboxylic acids is 1. The quantitative estimate of drug-likeness (QED) is 0.579. The number of benzene rings is 1. The van der Waals surface area contributed by atoms with Gasteiger partial charge < -0.3 is 19.2 Å². The van der Waals surface area contributed by atoms with E-state index in [4.69, 9.17) is 4.74 Å². The molecule has 154 valence electrons. The molecule has 0 saturated heterocycles. The van der Waals surface area contributed by atoms with E-state index in [0.29, 0.717) is 0 Å². The van der Waals surface area contributed by atoms with Crippen molar-refractivity contribution in [1.29, 1.82) is 0 Å². The van der Waals surface area contributed by atoms with E-state index < -0.39 is 48.5 Å². The maximum absolute atomic E-state index is 12.5. The van der Waals surface area contributed by atoms with Crippen LogP contribution < -0.4 is 14.9 Å². The number of ether oxygens (including phenoxy) is 3. The molecule has 0 amide bonds. The van der Waals surface area contributed by atoms with E-state index >= 15 is 0 Å². The van der Waals surface area contributed by atoms with Crippen molar-refractivity contribution in [1.82, 2.24) is 4.98 Å². The van der Waals surface area contributed by atoms with Crippen LogP contribution in [-0.2, 0) is 4.74 Å². The predicted octanol–water partition coefficient (Wildman–Crippen LogP) is 3.59. The van der Waals surface area contributed by atoms with Gasteiger partial charge in [-0.1, -0.05) is 0 Å². The molecule has 0 radical (unpaired) electrons. The van der Waals surface area contributed by atoms with Gasteiger partial charge in [-0.25, -0.2) is 4.79 Å². The van der Waals surface area contributed by atoms with Crippen LogP contribution >= 0.6 is 0 Å². The zero-order valence-corrected chi connectivity index (χ0v) is 14.2. The summed E-state index contributed by atoms with van der Waals surface area (Å²) < 4.78 is 88.2. The number of H-pyrrole nitrogens is 1. The summed E-state index contributed by atoms with van der Waals surface area (Å²) in [6, 6.07) is 2.46. The number of carbonyl (C=O) groups is 1. The summed E-state index contributed by atoms with van der Waals surface area (Å²) in [7, 11) is 0. The van der Waals surface area contributed by atoms with Gasteiger partial charge in [0.1, 0.15) is 17.2 Å². The number of hydrogen-bond acceptors (Lipinski definition) is 5. The molecule has 0 bridgehead atoms. The lowest BCUT2D eigenvalue weighted by atomic mass is 10.1. The molecule has 0 fully saturated rings. The van der Waals surface area contributed by atoms with Crippen LogP contribution in [0.25, 0.3) is 10.9 Å². The second kappa shape index (κ2) is 7.98. The van der Waals surface area contributed by atoms with Crippen molar-refractivity contribution < 1.29 is 45.3 Å². The number of hydrogen-bond donors (Lipinski definition) is 1. The Morgan fingerprint density at radius 1 is 1.00 bits per heavy atom. The Morgan fingerprint density at radius 2 is 1.61 bits per heavy atom. The Kier molecular flexibility index (Phi) is 6.10. The highest BCUT2D eigenvalue weighted by Crippen LogP contribution is 2.31. The molecule has 0 atom stereocenters. The van der Waals surface area contributed by atoms with Crippen LogP contribution in [0.3, 0.4) is 0 Å². The molecule has 1 heterocycles. The van der Waals surface area contributed by atoms with E-state index in [-0.39, 0.29) is 23.2 Å². The summed E-state index contributed by atoms with van der Waals surface area (Å²) in [6.07, 6.45) is -9.46. The van der Waals surface area contributed by atoms with Gasteiger partial charge in [0.25, 0.3) is 0 Å². The Labute approximate surface area is 153 Å². The topological polar surface area (TPSA) is 77.6 Å². The van der Waals surface area contributed by atoms with E-state index in [0.717, 1.165) is 18.2 Å². The first kappa shape index (κ1) is 21.4. The molecule has 0 unspecified atom stereocenters. The SMILES string of the molecule is CCOC(=O)c1cc(=O)c2cc(OCC(F)(F)F)cc(OCC(F)(F)F)c2[nH]1. The third-order valence-electron chi connectivity index (χ3n) is 3.17. The standard InChI is InChI=1S/C16H13F6NO5/c1-2-26-14(25)10-5-11(24)9-3-8(27-6-15(17,18)19)4-12(13(9)23-10)28-7-16(20,21)22/h3-5H,2,6-7H2,1H3,(H,23,24). The lowest BCUT2D eigenvalue weighted by Crippen LogP contribution is -2.21. The van der Waals surface area contributed by atoms with Gasteiger partial charge in [-0.05, 0) is 13.0 Å². The minimum atomic E-state index is -4.76. The molecule has 1 aromatic carbocycles. The van der Waals surface area contributed by atoms with E-state index in [2.05, 4.69) is 14.5 Å². The lowest BCUT2D eigenvalue weighted by Gasteiger charge is -2.15. The number of halogens is 6. The molecule has 0 spiro atoms. The summed E-state index contributed by atoms with van der Waals surface area (Å²) in [5.41, 5.74) is -1.54. The number of esters is 1. The van der Waals surface area contributed by atoms with Gasteiger partial charge in [0.2, 0.25) is 0 Å². The van der Waals surface area contributed by atoms with Crippen molar-refractivity contribution in [2.45, 2.75) is 19.3 Å². The summed E-state index contributed by atoms with van der Waals surface area (Å²) in [5.74, 6) is -2.09. The van der Waals surface area contributed by atoms with Gasteiger partial charge in [-0.3, -0.25) is 4.79 Å². The minimum absolute atomic E-state index is 0.0272. The number of pyridine rings is 1. The smallest absolute Gasteiger partial charge is 0.422 e. The second-order valence-corrected chi connectivity index (χ2v) is 5.42. The molecule has 0 saturated carbocycles. The molecule has 6 nitrogen and oxygen atoms in total. The van der Waals surface area contributed by atoms with Gasteiger partial charge >= 0.3 is 18.3 Å². The highest BCUT2D eigenvalue weighted by atomic mass is 19.4. The average Bonchev–Trinajstić information content (AvgIpc) is 2.57. The van der Waals surface area contributed by atoms with Crippen LogP contribution in [0.4, 0.5) is 26.3 Å². The number of aromatic amines is 1. The van der Waals surface area contributed by atoms with E-state index in [1.807, 2.05) is 0 Å². The molecular formula is C16H13F6NO5. The summed E-state index contributed by atoms with van der Waals surface area (Å²) in [5, 5.41) is -0.329. The Balaban J connectivity index is 2.55. The number of nitrogens with one attached hydrogen (secondary N) is 1. The highest BCUT2D eigenvalue weighted by molar-refractivity contribution is 5.93. The van der Waals surface area contributed by atoms with Gasteiger partial charge in [0.15, 0.2) is 18.6 Å². The zero-order chi connectivity index (χ0) is 21.1. The fraction of sp³-hybridized carbons (Fsp3) is 0.375. The third kappa shape index (κ3) is 5.79. The van der Waals surface area contributed by atoms with E-state index in [1.165, 1.54) is 6.92 Å². The van der Waals surface area contributed by atoms with Crippen molar-refractivity contribution in [2.75, 3.05) is 19.8 Å². The lowest BCUT2D eigenvalue weighted by molar-refractivity contribution is -0.153. The van der Waals surface area contributed by atoms with Crippen LogP contribution in [0.1, 0.15) is 17.4 Å². The maximum atomic E-state index is 12.5. The van der Waals surface area contributed by atoms with Crippen LogP contribution in [0.2, 0.25) is 0 Å². The average molecular weight is 413 g/mol. The monoisotopic (exact) mass is 413 g/mol. The normalized spacial score (nSPS) is 12.1. The number of alkyl halides is 6. The molecule has 0 aliphatic rings. The molecular weight excluding hydrogens is 400 g/mol. The molecule has 12 heteroatoms. The minimum Gasteiger partial charge on any atom is -0.484 e. The van der Waals surface area contributed by atoms with Gasteiger partial charge in [-0.2, -0.15) is 26.3 Å². The number of fused-ring (bicyclic) bond motifs is 1. The van der Waals surface area contributed by atoms with Crippen molar-refractivity contribution in [3.8, 4) is 11.5 Å². The number of rotatable bonds is 6. The summed E-state index contributed by atoms with van der Waals surface area (Å²) in [6.45, 7) is -2.04. The van der Waals surface area contributed by atoms with Gasteiger partial charge in [0, 0.05) is 12.1 Å². The zero-order valence-electron chi connectivity index (χ0n) is 14.2. The second-order valence-electron chi connectivity index (χ2n) is 5.42. The Morgan fingerprint density at radius 3 is 2.18 bits per heavy atom. The van der Waals surface area contributed by atoms with E-state index in [1.54, 1.807) is 0 Å². The first-order valence-electron chi connectivity index (χ1n) is 7.67. The van der Waals surface area contributed by atoms with Crippen molar-refractivity contribution in [2.24, 2.45) is 0 Å². The molecule has 28 heavy (non-hydrogen) atoms. The molecule has 2 rings (SSSR count). The van der Waals surface area contributed by atoms with Crippen LogP contribution in [-0.4, -0.2) is 43.1 Å². The summed E-state index contributed by atoms with van der Waals surface area (Å²) >= 11 is 0. The Hall–Kier alpha value is -2.92. The maximum Gasteiger partial charge on any atom is 0.422 e. The molecule has 1 N–H and O–H groups in total. The molecule has 2 aromatic rings. The van der Waals surface area contributed by atoms with Gasteiger partial charge in [0.05, 0.1) is 17.5 Å². The molecule has 0 aliphatic carbocycles. The van der Waals surface area contributed by atoms with Gasteiger partial charge in [-0.15, -0.1) is 0 Å². The first-order valence-corrected chi connectivity index (χ1v) is 7.67. The first-order chi connectivity index (χ1) is 12.9. The van der Waals surface area contributed by atoms with Crippen molar-refractivity contribution in [3.63, 3.8) is 0 Å². The van der Waals surface area contributed by atoms with Crippen LogP contribution in [0, 0.1) is 0 Å². The van der Waals surface area contributed by atoms with Crippen molar-refractivity contribution >= 4 is 16.9 Å². The largest absolute Gasteiger partial charge is 0.484 e. The summed E-state index contributed by atoms with van der Waals surface area (Å²) in [4.78, 5) is 26.4. The third-order valence-corrected chi connectivity index (χ3v) is 3.17. The van der Waals surface area contributed by atoms with Crippen LogP contribution in [0.15, 0.2) is 23.0 Å². The highest BCUT2D eigenvalue weighted by Gasteiger charge is 2.30. The van der Waals surface area contributed by atoms with Crippen LogP contribution in [0.5, 0.6) is 11.5 Å². The molecule has 1 aromatic heterocycles.